The van der Waals surface area contributed by atoms with Crippen LogP contribution >= 0.6 is 11.6 Å². The van der Waals surface area contributed by atoms with Gasteiger partial charge in [-0.05, 0) is 140 Å². The lowest BCUT2D eigenvalue weighted by Crippen LogP contribution is -2.65. The van der Waals surface area contributed by atoms with Gasteiger partial charge in [-0.2, -0.15) is 13.2 Å². The first-order valence-electron chi connectivity index (χ1n) is 38.9. The van der Waals surface area contributed by atoms with E-state index < -0.39 is 174 Å². The Labute approximate surface area is 619 Å². The molecule has 25 nitrogen and oxygen atoms in total. The van der Waals surface area contributed by atoms with Crippen molar-refractivity contribution in [2.45, 2.75) is 262 Å². The van der Waals surface area contributed by atoms with Crippen LogP contribution < -0.4 is 16.0 Å². The highest BCUT2D eigenvalue weighted by atomic mass is 35.5. The Balaban J connectivity index is 1.30. The maximum absolute atomic E-state index is 15.8. The number of rotatable bonds is 14. The number of likely N-dealkylation sites (N-methyl/N-ethyl adjacent to an activating group) is 7. The maximum Gasteiger partial charge on any atom is 0.393 e. The number of morpholine rings is 1. The zero-order chi connectivity index (χ0) is 76.7. The van der Waals surface area contributed by atoms with Crippen LogP contribution in [0.5, 0.6) is 0 Å². The number of hydrogen-bond donors (Lipinski definition) is 3. The van der Waals surface area contributed by atoms with Crippen LogP contribution in [-0.4, -0.2) is 275 Å². The molecule has 3 aliphatic heterocycles. The van der Waals surface area contributed by atoms with Crippen molar-refractivity contribution in [3.63, 3.8) is 0 Å². The van der Waals surface area contributed by atoms with Crippen molar-refractivity contribution in [1.29, 1.82) is 0 Å². The number of nitrogens with one attached hydrogen (secondary N) is 3. The number of ether oxygens (including phenoxy) is 1. The second-order valence-electron chi connectivity index (χ2n) is 31.6. The summed E-state index contributed by atoms with van der Waals surface area (Å²) in [6, 6.07) is -8.63. The average molecular weight is 1490 g/mol. The largest absolute Gasteiger partial charge is 0.393 e. The van der Waals surface area contributed by atoms with Crippen molar-refractivity contribution < 1.29 is 75.4 Å². The van der Waals surface area contributed by atoms with E-state index in [-0.39, 0.29) is 134 Å². The summed E-state index contributed by atoms with van der Waals surface area (Å²) in [4.78, 5) is 194. The van der Waals surface area contributed by atoms with E-state index in [0.717, 1.165) is 38.5 Å². The van der Waals surface area contributed by atoms with Crippen LogP contribution in [0.25, 0.3) is 0 Å². The Hall–Kier alpha value is -6.32. The number of nitrogens with zero attached hydrogens (tertiary/aromatic N) is 9. The molecule has 4 saturated carbocycles. The van der Waals surface area contributed by atoms with Gasteiger partial charge in [-0.1, -0.05) is 92.4 Å². The number of carbonyl (C=O) groups is 12. The van der Waals surface area contributed by atoms with Gasteiger partial charge < -0.3 is 64.8 Å². The standard InChI is InChI=1S/C75H122ClF3N12O13/c1-13-49(8)64-71(101)83(9)45-62(94)87(14-2)46-63(95)90(16-4)59(42-51-27-25-48(7)26-28-51)70(100)88(15-3)44-60(92)80-55(32-30-50-29-31-53(54(76)41-50)75(77,78)79)68(98)91-35-21-24-56(91)67(97)82-74(33-19-20-34-74)73(103)86(12)65(52-22-17-18-23-52)72(102)85(11)58(69(99)89-36-38-104-39-37-89)43-61(93)84(10)57(40-47(5)6)66(96)81-64/h47-59,64-65H,13-46H2,1-12H3,(H,80,92)(H,81,96)(H,82,97)/t48?,49-,50?,51?,53?,54?,55-,56-,57-,58-,59-,64-,65-/m0/s1. The van der Waals surface area contributed by atoms with Gasteiger partial charge in [0.2, 0.25) is 70.9 Å². The summed E-state index contributed by atoms with van der Waals surface area (Å²) in [7, 11) is 5.81. The fourth-order valence-electron chi connectivity index (χ4n) is 17.2. The van der Waals surface area contributed by atoms with Crippen molar-refractivity contribution >= 4 is 82.5 Å². The summed E-state index contributed by atoms with van der Waals surface area (Å²) in [5, 5.41) is 7.70. The van der Waals surface area contributed by atoms with Gasteiger partial charge in [0.05, 0.1) is 45.2 Å². The first-order valence-corrected chi connectivity index (χ1v) is 39.3. The molecular weight excluding hydrogens is 1370 g/mol. The van der Waals surface area contributed by atoms with E-state index in [1.165, 1.54) is 72.3 Å². The number of fused-ring (bicyclic) bond motifs is 1. The number of halogens is 4. The van der Waals surface area contributed by atoms with Gasteiger partial charge in [-0.3, -0.25) is 57.5 Å². The van der Waals surface area contributed by atoms with Crippen molar-refractivity contribution in [2.24, 2.45) is 41.4 Å². The molecule has 0 radical (unpaired) electrons. The minimum Gasteiger partial charge on any atom is -0.378 e. The summed E-state index contributed by atoms with van der Waals surface area (Å²) < 4.78 is 47.9. The highest BCUT2D eigenvalue weighted by molar-refractivity contribution is 6.21. The molecule has 4 aliphatic carbocycles. The zero-order valence-electron chi connectivity index (χ0n) is 64.0. The predicted octanol–water partition coefficient (Wildman–Crippen LogP) is 6.36. The summed E-state index contributed by atoms with van der Waals surface area (Å²) in [6.45, 7) is 13.9. The Kier molecular flexibility index (Phi) is 31.4. The molecule has 7 aliphatic rings. The number of hydrogen-bond acceptors (Lipinski definition) is 13. The van der Waals surface area contributed by atoms with E-state index in [1.54, 1.807) is 27.7 Å². The van der Waals surface area contributed by atoms with E-state index in [9.17, 15) is 37.1 Å². The molecule has 29 heteroatoms. The predicted molar refractivity (Wildman–Crippen MR) is 385 cm³/mol. The van der Waals surface area contributed by atoms with Crippen LogP contribution in [0, 0.1) is 41.4 Å². The number of carbonyl (C=O) groups excluding carboxylic acids is 12. The lowest BCUT2D eigenvalue weighted by atomic mass is 9.78. The Morgan fingerprint density at radius 2 is 1.27 bits per heavy atom. The molecule has 0 aromatic carbocycles. The molecule has 1 spiro atoms. The molecule has 7 fully saturated rings. The molecule has 0 bridgehead atoms. The van der Waals surface area contributed by atoms with Crippen LogP contribution in [0.4, 0.5) is 13.2 Å². The van der Waals surface area contributed by atoms with Crippen molar-refractivity contribution in [3.8, 4) is 0 Å². The summed E-state index contributed by atoms with van der Waals surface area (Å²) in [6.07, 6.45) is 3.58. The van der Waals surface area contributed by atoms with Crippen LogP contribution in [0.2, 0.25) is 0 Å². The lowest BCUT2D eigenvalue weighted by molar-refractivity contribution is -0.182. The third-order valence-electron chi connectivity index (χ3n) is 24.0. The number of alkyl halides is 4. The van der Waals surface area contributed by atoms with Gasteiger partial charge in [-0.25, -0.2) is 0 Å². The molecule has 12 amide bonds. The van der Waals surface area contributed by atoms with Crippen molar-refractivity contribution in [3.05, 3.63) is 0 Å². The average Bonchev–Trinajstić information content (AvgIpc) is 1.47. The summed E-state index contributed by atoms with van der Waals surface area (Å²) in [5.74, 6) is -10.1. The first-order chi connectivity index (χ1) is 49.2. The molecular formula is C75H122ClF3N12O13. The lowest BCUT2D eigenvalue weighted by Gasteiger charge is -2.42. The monoisotopic (exact) mass is 1490 g/mol. The van der Waals surface area contributed by atoms with Crippen LogP contribution in [0.1, 0.15) is 203 Å². The van der Waals surface area contributed by atoms with E-state index in [2.05, 4.69) is 22.9 Å². The van der Waals surface area contributed by atoms with E-state index in [0.29, 0.717) is 44.4 Å². The molecule has 0 aromatic rings. The quantitative estimate of drug-likeness (QED) is 0.160. The van der Waals surface area contributed by atoms with Gasteiger partial charge >= 0.3 is 6.18 Å². The van der Waals surface area contributed by atoms with E-state index in [4.69, 9.17) is 16.3 Å². The molecule has 104 heavy (non-hydrogen) atoms. The third kappa shape index (κ3) is 21.3. The minimum atomic E-state index is -4.51. The second kappa shape index (κ2) is 38.5. The molecule has 588 valence electrons. The Morgan fingerprint density at radius 3 is 1.86 bits per heavy atom. The molecule has 7 rings (SSSR count). The van der Waals surface area contributed by atoms with Crippen molar-refractivity contribution in [1.82, 2.24) is 60.0 Å². The first kappa shape index (κ1) is 84.9. The van der Waals surface area contributed by atoms with E-state index in [1.807, 2.05) is 20.8 Å². The van der Waals surface area contributed by atoms with Crippen molar-refractivity contribution in [2.75, 3.05) is 100 Å². The Morgan fingerprint density at radius 1 is 0.635 bits per heavy atom. The molecule has 3 heterocycles. The molecule has 11 atom stereocenters. The van der Waals surface area contributed by atoms with Gasteiger partial charge in [0.1, 0.15) is 47.8 Å². The minimum absolute atomic E-state index is 0.000600. The van der Waals surface area contributed by atoms with Gasteiger partial charge in [0, 0.05) is 72.8 Å². The zero-order valence-corrected chi connectivity index (χ0v) is 64.8. The summed E-state index contributed by atoms with van der Waals surface area (Å²) in [5.41, 5.74) is -1.56. The number of amides is 12. The molecule has 3 N–H and O–H groups in total. The topological polar surface area (TPSA) is 279 Å². The van der Waals surface area contributed by atoms with Gasteiger partial charge in [-0.15, -0.1) is 11.6 Å². The normalized spacial score (nSPS) is 30.5. The smallest absolute Gasteiger partial charge is 0.378 e. The Bertz CT molecular complexity index is 3000. The van der Waals surface area contributed by atoms with Crippen LogP contribution in [0.15, 0.2) is 0 Å². The maximum atomic E-state index is 15.8. The second-order valence-corrected chi connectivity index (χ2v) is 32.1. The fraction of sp³-hybridized carbons (Fsp3) is 0.840. The molecule has 3 unspecified atom stereocenters. The van der Waals surface area contributed by atoms with Gasteiger partial charge in [0.25, 0.3) is 0 Å². The fourth-order valence-corrected chi connectivity index (χ4v) is 17.7. The van der Waals surface area contributed by atoms with E-state index >= 15 is 33.6 Å². The molecule has 0 aromatic heterocycles. The highest BCUT2D eigenvalue weighted by Crippen LogP contribution is 2.44. The SMILES string of the molecule is CC[C@H](C)[C@@H]1NC(=O)[C@H](CC(C)C)N(C)C(=O)C[C@@H](C(=O)N2CCOCC2)N(C)C(=O)[C@H](C2CCCC2)N(C)C(=O)C2(CCCC2)NC(=O)[C@@H]2CCCN2C(=O)[C@H](CCC2CCC(C(F)(F)F)C(Cl)C2)NC(=O)CN(CC)C(=O)[C@H](CC2CCC(C)CC2)N(CC)C(=O)CN(CC)C(=O)CN(C)C1=O. The third-order valence-corrected chi connectivity index (χ3v) is 24.5. The van der Waals surface area contributed by atoms with Crippen LogP contribution in [-0.2, 0) is 62.3 Å². The highest BCUT2D eigenvalue weighted by Gasteiger charge is 2.53. The van der Waals surface area contributed by atoms with Gasteiger partial charge in [0.15, 0.2) is 0 Å². The molecule has 3 saturated heterocycles. The van der Waals surface area contributed by atoms with Crippen LogP contribution in [0.3, 0.4) is 0 Å². The summed E-state index contributed by atoms with van der Waals surface area (Å²) >= 11 is 6.44.